The lowest BCUT2D eigenvalue weighted by atomic mass is 9.47. The van der Waals surface area contributed by atoms with E-state index in [9.17, 15) is 15.0 Å². The first-order valence-electron chi connectivity index (χ1n) is 20.6. The molecule has 3 fully saturated rings. The zero-order valence-corrected chi connectivity index (χ0v) is 34.0. The Balaban J connectivity index is 1.36. The van der Waals surface area contributed by atoms with Crippen molar-refractivity contribution in [2.75, 3.05) is 66.0 Å². The number of aromatic amines is 1. The number of rotatable bonds is 6. The summed E-state index contributed by atoms with van der Waals surface area (Å²) < 4.78 is 17.7. The van der Waals surface area contributed by atoms with Gasteiger partial charge in [0.2, 0.25) is 5.60 Å². The van der Waals surface area contributed by atoms with Crippen LogP contribution in [0, 0.1) is 16.7 Å². The summed E-state index contributed by atoms with van der Waals surface area (Å²) in [6, 6.07) is 11.4. The molecule has 300 valence electrons. The topological polar surface area (TPSA) is 128 Å². The van der Waals surface area contributed by atoms with Crippen molar-refractivity contribution in [1.82, 2.24) is 14.8 Å². The van der Waals surface area contributed by atoms with E-state index in [1.807, 2.05) is 37.1 Å². The van der Waals surface area contributed by atoms with Gasteiger partial charge in [-0.2, -0.15) is 0 Å². The van der Waals surface area contributed by atoms with Crippen LogP contribution in [0.15, 0.2) is 48.6 Å². The second-order valence-electron chi connectivity index (χ2n) is 18.2. The molecule has 4 unspecified atom stereocenters. The Hall–Kier alpha value is -3.90. The van der Waals surface area contributed by atoms with E-state index < -0.39 is 40.0 Å². The number of carbonyl (C=O) groups is 2. The highest BCUT2D eigenvalue weighted by Crippen LogP contribution is 2.67. The van der Waals surface area contributed by atoms with E-state index in [1.165, 1.54) is 14.2 Å². The summed E-state index contributed by atoms with van der Waals surface area (Å²) in [6.45, 7) is 10.9. The fourth-order valence-electron chi connectivity index (χ4n) is 13.5. The number of carbonyl (C=O) groups excluding carboxylic acids is 2. The first-order chi connectivity index (χ1) is 26.8. The molecule has 3 aromatic rings. The minimum absolute atomic E-state index is 0.0916. The molecular formula is C45H58N4O7. The Morgan fingerprint density at radius 2 is 1.75 bits per heavy atom. The highest BCUT2D eigenvalue weighted by Gasteiger charge is 2.79. The number of nitrogens with one attached hydrogen (secondary N) is 1. The van der Waals surface area contributed by atoms with Crippen LogP contribution in [-0.4, -0.2) is 122 Å². The lowest BCUT2D eigenvalue weighted by Crippen LogP contribution is -2.80. The van der Waals surface area contributed by atoms with Crippen LogP contribution in [0.4, 0.5) is 5.69 Å². The van der Waals surface area contributed by atoms with Crippen molar-refractivity contribution in [3.8, 4) is 5.75 Å². The molecule has 1 aliphatic carbocycles. The van der Waals surface area contributed by atoms with Gasteiger partial charge in [0, 0.05) is 84.0 Å². The van der Waals surface area contributed by atoms with Crippen LogP contribution >= 0.6 is 0 Å². The van der Waals surface area contributed by atoms with E-state index >= 15 is 4.79 Å². The van der Waals surface area contributed by atoms with Gasteiger partial charge in [0.05, 0.1) is 27.4 Å². The first-order valence-corrected chi connectivity index (χ1v) is 20.6. The molecule has 6 aliphatic rings. The SMILES string of the molecule is CCC1(C)C[C@H]2CN(CCc3c([nH]c4ccccc34)[C@@](C(=O)OC)(c3cc4c(cc3OC)N(C)C3[C@]45CCN4CC=C[C@](CC)(C45)[C@@H](O)[C@]3(O)C(=O)OC)C2)C1. The van der Waals surface area contributed by atoms with Gasteiger partial charge in [0.1, 0.15) is 17.3 Å². The number of esters is 2. The number of fused-ring (bicyclic) bond motifs is 6. The second-order valence-corrected chi connectivity index (χ2v) is 18.2. The van der Waals surface area contributed by atoms with Crippen molar-refractivity contribution < 1.29 is 34.0 Å². The maximum absolute atomic E-state index is 15.3. The Bertz CT molecular complexity index is 2130. The van der Waals surface area contributed by atoms with Crippen LogP contribution in [0.1, 0.15) is 75.3 Å². The highest BCUT2D eigenvalue weighted by molar-refractivity contribution is 5.95. The Morgan fingerprint density at radius 1 is 0.982 bits per heavy atom. The molecule has 11 heteroatoms. The van der Waals surface area contributed by atoms with Crippen molar-refractivity contribution in [2.24, 2.45) is 16.7 Å². The van der Waals surface area contributed by atoms with Crippen molar-refractivity contribution >= 4 is 28.5 Å². The number of hydrogen-bond acceptors (Lipinski definition) is 10. The molecule has 3 N–H and O–H groups in total. The number of nitrogens with zero attached hydrogens (tertiary/aromatic N) is 3. The van der Waals surface area contributed by atoms with E-state index in [1.54, 1.807) is 7.11 Å². The molecule has 1 aromatic heterocycles. The number of aliphatic hydroxyl groups excluding tert-OH is 1. The molecular weight excluding hydrogens is 709 g/mol. The van der Waals surface area contributed by atoms with Gasteiger partial charge >= 0.3 is 11.9 Å². The number of para-hydroxylation sites is 1. The van der Waals surface area contributed by atoms with Crippen LogP contribution in [0.25, 0.3) is 10.9 Å². The second kappa shape index (κ2) is 12.8. The number of methoxy groups -OCH3 is 3. The Labute approximate surface area is 329 Å². The average Bonchev–Trinajstić information content (AvgIpc) is 3.87. The molecule has 6 heterocycles. The maximum Gasteiger partial charge on any atom is 0.342 e. The largest absolute Gasteiger partial charge is 0.496 e. The molecule has 2 bridgehead atoms. The number of benzene rings is 2. The smallest absolute Gasteiger partial charge is 0.342 e. The van der Waals surface area contributed by atoms with Gasteiger partial charge in [0.15, 0.2) is 0 Å². The number of anilines is 1. The monoisotopic (exact) mass is 766 g/mol. The standard InChI is InChI=1S/C45H58N4O7/c1-8-41(3)23-27-24-44(39(51)55-6,35-29(15-19-48(25-27)26-41)28-13-10-11-14-32(28)46-35)31-21-30-33(22-34(31)54-5)47(4)37-43(30)17-20-49-18-12-16-42(9-2,36(43)49)38(50)45(37,53)40(52)56-7/h10-14,16,21-22,27,36-38,46,50,53H,8-9,15,17-20,23-26H2,1-7H3/t27-,36?,37?,38-,41?,42-,43-,44+,45+/m1/s1. The minimum Gasteiger partial charge on any atom is -0.496 e. The number of piperidine rings is 1. The molecule has 0 radical (unpaired) electrons. The number of likely N-dealkylation sites (N-methyl/N-ethyl adjacent to an activating group) is 1. The molecule has 1 saturated carbocycles. The van der Waals surface area contributed by atoms with Gasteiger partial charge in [-0.1, -0.05) is 51.1 Å². The normalized spacial score (nSPS) is 38.4. The Morgan fingerprint density at radius 3 is 2.46 bits per heavy atom. The predicted molar refractivity (Wildman–Crippen MR) is 214 cm³/mol. The van der Waals surface area contributed by atoms with Crippen LogP contribution in [0.5, 0.6) is 5.75 Å². The third-order valence-electron chi connectivity index (χ3n) is 15.7. The quantitative estimate of drug-likeness (QED) is 0.240. The van der Waals surface area contributed by atoms with Crippen molar-refractivity contribution in [1.29, 1.82) is 0 Å². The van der Waals surface area contributed by atoms with E-state index in [0.29, 0.717) is 38.1 Å². The van der Waals surface area contributed by atoms with Gasteiger partial charge in [-0.25, -0.2) is 4.79 Å². The summed E-state index contributed by atoms with van der Waals surface area (Å²) in [6.07, 6.45) is 7.10. The molecule has 9 rings (SSSR count). The number of aromatic nitrogens is 1. The van der Waals surface area contributed by atoms with E-state index in [-0.39, 0.29) is 23.3 Å². The van der Waals surface area contributed by atoms with Crippen LogP contribution in [0.2, 0.25) is 0 Å². The number of aliphatic hydroxyl groups is 2. The summed E-state index contributed by atoms with van der Waals surface area (Å²) in [5.41, 5.74) is 0.164. The van der Waals surface area contributed by atoms with Gasteiger partial charge in [-0.3, -0.25) is 9.69 Å². The molecule has 2 saturated heterocycles. The highest BCUT2D eigenvalue weighted by atomic mass is 16.5. The molecule has 56 heavy (non-hydrogen) atoms. The summed E-state index contributed by atoms with van der Waals surface area (Å²) in [7, 11) is 6.30. The molecule has 10 atom stereocenters. The summed E-state index contributed by atoms with van der Waals surface area (Å²) in [4.78, 5) is 40.2. The molecule has 2 aromatic carbocycles. The van der Waals surface area contributed by atoms with Crippen LogP contribution in [-0.2, 0) is 36.3 Å². The fraction of sp³-hybridized carbons (Fsp3) is 0.600. The van der Waals surface area contributed by atoms with Gasteiger partial charge in [-0.15, -0.1) is 0 Å². The zero-order valence-electron chi connectivity index (χ0n) is 34.0. The molecule has 11 nitrogen and oxygen atoms in total. The summed E-state index contributed by atoms with van der Waals surface area (Å²) >= 11 is 0. The summed E-state index contributed by atoms with van der Waals surface area (Å²) in [5, 5.41) is 26.5. The lowest BCUT2D eigenvalue weighted by Gasteiger charge is -2.63. The predicted octanol–water partition coefficient (Wildman–Crippen LogP) is 4.70. The number of H-pyrrole nitrogens is 1. The van der Waals surface area contributed by atoms with E-state index in [4.69, 9.17) is 14.2 Å². The molecule has 5 aliphatic heterocycles. The summed E-state index contributed by atoms with van der Waals surface area (Å²) in [5.74, 6) is -0.490. The van der Waals surface area contributed by atoms with Crippen LogP contribution in [0.3, 0.4) is 0 Å². The molecule has 1 spiro atoms. The average molecular weight is 767 g/mol. The zero-order chi connectivity index (χ0) is 39.6. The fourth-order valence-corrected chi connectivity index (χ4v) is 13.5. The van der Waals surface area contributed by atoms with Crippen molar-refractivity contribution in [3.05, 3.63) is 70.9 Å². The van der Waals surface area contributed by atoms with Crippen molar-refractivity contribution in [3.63, 3.8) is 0 Å². The van der Waals surface area contributed by atoms with Gasteiger partial charge in [0.25, 0.3) is 0 Å². The van der Waals surface area contributed by atoms with Crippen LogP contribution < -0.4 is 9.64 Å². The number of hydrogen-bond donors (Lipinski definition) is 3. The Kier molecular flexibility index (Phi) is 8.61. The third-order valence-corrected chi connectivity index (χ3v) is 15.7. The minimum atomic E-state index is -2.27. The van der Waals surface area contributed by atoms with E-state index in [0.717, 1.165) is 77.9 Å². The number of ether oxygens (including phenoxy) is 3. The van der Waals surface area contributed by atoms with Gasteiger partial charge < -0.3 is 39.2 Å². The van der Waals surface area contributed by atoms with E-state index in [2.05, 4.69) is 59.0 Å². The van der Waals surface area contributed by atoms with Gasteiger partial charge in [-0.05, 0) is 79.7 Å². The van der Waals surface area contributed by atoms with Crippen molar-refractivity contribution in [2.45, 2.75) is 93.9 Å². The molecule has 0 amide bonds. The first kappa shape index (κ1) is 37.7. The third kappa shape index (κ3) is 4.60. The maximum atomic E-state index is 15.3. The lowest BCUT2D eigenvalue weighted by molar-refractivity contribution is -0.218.